The molecular weight excluding hydrogens is 365 g/mol. The minimum Gasteiger partial charge on any atom is -0.292 e. The fourth-order valence-electron chi connectivity index (χ4n) is 2.17. The van der Waals surface area contributed by atoms with Gasteiger partial charge in [-0.2, -0.15) is 13.2 Å². The summed E-state index contributed by atoms with van der Waals surface area (Å²) in [6.07, 6.45) is -4.42. The van der Waals surface area contributed by atoms with Crippen LogP contribution in [0.4, 0.5) is 13.2 Å². The molecule has 0 amide bonds. The van der Waals surface area contributed by atoms with E-state index in [1.165, 1.54) is 17.8 Å². The quantitative estimate of drug-likeness (QED) is 0.568. The van der Waals surface area contributed by atoms with Crippen molar-refractivity contribution in [3.05, 3.63) is 59.2 Å². The van der Waals surface area contributed by atoms with Crippen LogP contribution < -0.4 is 0 Å². The van der Waals surface area contributed by atoms with Gasteiger partial charge in [-0.15, -0.1) is 0 Å². The van der Waals surface area contributed by atoms with Crippen LogP contribution in [-0.2, 0) is 6.18 Å². The molecule has 1 heterocycles. The fraction of sp³-hybridized carbons (Fsp3) is 0.133. The van der Waals surface area contributed by atoms with E-state index in [1.807, 2.05) is 0 Å². The van der Waals surface area contributed by atoms with Crippen molar-refractivity contribution >= 4 is 33.5 Å². The molecule has 2 aromatic carbocycles. The lowest BCUT2D eigenvalue weighted by molar-refractivity contribution is -0.137. The normalized spacial score (nSPS) is 17.9. The summed E-state index contributed by atoms with van der Waals surface area (Å²) < 4.78 is 38.5. The Labute approximate surface area is 131 Å². The van der Waals surface area contributed by atoms with Gasteiger partial charge in [0.05, 0.1) is 5.56 Å². The Bertz CT molecular complexity index is 727. The highest BCUT2D eigenvalue weighted by Crippen LogP contribution is 2.45. The SMILES string of the molecule is O=C1c2ccc(C(F)(F)F)cc2Sc2ccccc2C1Br. The van der Waals surface area contributed by atoms with E-state index in [0.29, 0.717) is 10.5 Å². The predicted octanol–water partition coefficient (Wildman–Crippen LogP) is 5.49. The Balaban J connectivity index is 2.18. The molecule has 1 aliphatic rings. The van der Waals surface area contributed by atoms with Crippen LogP contribution in [0.5, 0.6) is 0 Å². The van der Waals surface area contributed by atoms with E-state index in [9.17, 15) is 18.0 Å². The molecule has 0 N–H and O–H groups in total. The van der Waals surface area contributed by atoms with Gasteiger partial charge in [0.2, 0.25) is 0 Å². The summed E-state index contributed by atoms with van der Waals surface area (Å²) >= 11 is 4.54. The van der Waals surface area contributed by atoms with E-state index in [-0.39, 0.29) is 5.78 Å². The van der Waals surface area contributed by atoms with E-state index < -0.39 is 16.6 Å². The van der Waals surface area contributed by atoms with Gasteiger partial charge in [-0.25, -0.2) is 0 Å². The molecule has 2 aromatic rings. The lowest BCUT2D eigenvalue weighted by Crippen LogP contribution is -2.09. The lowest BCUT2D eigenvalue weighted by atomic mass is 10.0. The molecule has 0 radical (unpaired) electrons. The van der Waals surface area contributed by atoms with Crippen LogP contribution in [0, 0.1) is 0 Å². The third-order valence-electron chi connectivity index (χ3n) is 3.22. The van der Waals surface area contributed by atoms with Crippen LogP contribution in [0.2, 0.25) is 0 Å². The van der Waals surface area contributed by atoms with Crippen LogP contribution in [0.25, 0.3) is 0 Å². The molecule has 3 rings (SSSR count). The second-order valence-corrected chi connectivity index (χ2v) is 6.57. The molecule has 0 fully saturated rings. The largest absolute Gasteiger partial charge is 0.416 e. The smallest absolute Gasteiger partial charge is 0.292 e. The van der Waals surface area contributed by atoms with Gasteiger partial charge in [-0.1, -0.05) is 45.9 Å². The van der Waals surface area contributed by atoms with Gasteiger partial charge >= 0.3 is 6.18 Å². The number of alkyl halides is 4. The molecule has 0 saturated heterocycles. The highest BCUT2D eigenvalue weighted by atomic mass is 79.9. The van der Waals surface area contributed by atoms with Gasteiger partial charge in [0, 0.05) is 15.4 Å². The van der Waals surface area contributed by atoms with Crippen molar-refractivity contribution in [1.82, 2.24) is 0 Å². The van der Waals surface area contributed by atoms with Crippen LogP contribution in [-0.4, -0.2) is 5.78 Å². The first-order chi connectivity index (χ1) is 9.88. The second-order valence-electron chi connectivity index (χ2n) is 4.58. The predicted molar refractivity (Wildman–Crippen MR) is 78.0 cm³/mol. The highest BCUT2D eigenvalue weighted by molar-refractivity contribution is 9.09. The highest BCUT2D eigenvalue weighted by Gasteiger charge is 2.34. The standard InChI is InChI=1S/C15H8BrF3OS/c16-13-9-3-1-2-4-11(9)21-12-7-8(15(17,18)19)5-6-10(12)14(13)20/h1-7,13H. The van der Waals surface area contributed by atoms with E-state index >= 15 is 0 Å². The number of benzene rings is 2. The number of carbonyl (C=O) groups excluding carboxylic acids is 1. The van der Waals surface area contributed by atoms with Gasteiger partial charge in [-0.3, -0.25) is 4.79 Å². The Morgan fingerprint density at radius 2 is 1.76 bits per heavy atom. The lowest BCUT2D eigenvalue weighted by Gasteiger charge is -2.11. The van der Waals surface area contributed by atoms with Crippen LogP contribution >= 0.6 is 27.7 Å². The third kappa shape index (κ3) is 2.62. The molecule has 0 spiro atoms. The number of carbonyl (C=O) groups is 1. The molecule has 1 aliphatic heterocycles. The molecule has 21 heavy (non-hydrogen) atoms. The summed E-state index contributed by atoms with van der Waals surface area (Å²) in [5.74, 6) is -0.226. The average Bonchev–Trinajstić information content (AvgIpc) is 2.54. The summed E-state index contributed by atoms with van der Waals surface area (Å²) in [5.41, 5.74) is 0.343. The summed E-state index contributed by atoms with van der Waals surface area (Å²) in [4.78, 5) is 13.0. The molecular formula is C15H8BrF3OS. The number of ketones is 1. The molecule has 0 aliphatic carbocycles. The maximum atomic E-state index is 12.8. The number of Topliss-reactive ketones (excluding diaryl/α,β-unsaturated/α-hetero) is 1. The zero-order chi connectivity index (χ0) is 15.2. The molecule has 108 valence electrons. The van der Waals surface area contributed by atoms with Crippen molar-refractivity contribution in [3.8, 4) is 0 Å². The van der Waals surface area contributed by atoms with Crippen molar-refractivity contribution in [2.24, 2.45) is 0 Å². The van der Waals surface area contributed by atoms with Gasteiger partial charge in [-0.05, 0) is 29.8 Å². The van der Waals surface area contributed by atoms with E-state index in [0.717, 1.165) is 22.6 Å². The summed E-state index contributed by atoms with van der Waals surface area (Å²) in [5, 5.41) is 0. The fourth-order valence-corrected chi connectivity index (χ4v) is 4.11. The zero-order valence-corrected chi connectivity index (χ0v) is 12.8. The van der Waals surface area contributed by atoms with Crippen molar-refractivity contribution in [2.45, 2.75) is 20.8 Å². The van der Waals surface area contributed by atoms with Gasteiger partial charge < -0.3 is 0 Å². The molecule has 1 unspecified atom stereocenters. The number of hydrogen-bond donors (Lipinski definition) is 0. The van der Waals surface area contributed by atoms with Crippen molar-refractivity contribution in [2.75, 3.05) is 0 Å². The number of fused-ring (bicyclic) bond motifs is 2. The molecule has 0 saturated carbocycles. The minimum absolute atomic E-state index is 0.226. The Kier molecular flexibility index (Phi) is 3.61. The number of rotatable bonds is 0. The minimum atomic E-state index is -4.42. The van der Waals surface area contributed by atoms with Gasteiger partial charge in [0.1, 0.15) is 4.83 Å². The molecule has 1 atom stereocenters. The Morgan fingerprint density at radius 3 is 2.48 bits per heavy atom. The van der Waals surface area contributed by atoms with Crippen LogP contribution in [0.1, 0.15) is 26.3 Å². The van der Waals surface area contributed by atoms with Crippen molar-refractivity contribution in [1.29, 1.82) is 0 Å². The van der Waals surface area contributed by atoms with Crippen molar-refractivity contribution < 1.29 is 18.0 Å². The van der Waals surface area contributed by atoms with E-state index in [4.69, 9.17) is 0 Å². The van der Waals surface area contributed by atoms with Gasteiger partial charge in [0.25, 0.3) is 0 Å². The first kappa shape index (κ1) is 14.7. The Morgan fingerprint density at radius 1 is 1.05 bits per heavy atom. The summed E-state index contributed by atoms with van der Waals surface area (Å²) in [6.45, 7) is 0. The zero-order valence-electron chi connectivity index (χ0n) is 10.4. The maximum Gasteiger partial charge on any atom is 0.416 e. The van der Waals surface area contributed by atoms with Crippen LogP contribution in [0.3, 0.4) is 0 Å². The van der Waals surface area contributed by atoms with E-state index in [2.05, 4.69) is 15.9 Å². The monoisotopic (exact) mass is 372 g/mol. The summed E-state index contributed by atoms with van der Waals surface area (Å²) in [7, 11) is 0. The third-order valence-corrected chi connectivity index (χ3v) is 5.28. The molecule has 6 heteroatoms. The summed E-state index contributed by atoms with van der Waals surface area (Å²) in [6, 6.07) is 10.5. The second kappa shape index (κ2) is 5.18. The topological polar surface area (TPSA) is 17.1 Å². The molecule has 0 bridgehead atoms. The van der Waals surface area contributed by atoms with Crippen LogP contribution in [0.15, 0.2) is 52.3 Å². The van der Waals surface area contributed by atoms with Crippen molar-refractivity contribution in [3.63, 3.8) is 0 Å². The molecule has 0 aromatic heterocycles. The average molecular weight is 373 g/mol. The number of halogens is 4. The Hall–Kier alpha value is -1.27. The first-order valence-corrected chi connectivity index (χ1v) is 7.77. The maximum absolute atomic E-state index is 12.8. The van der Waals surface area contributed by atoms with Gasteiger partial charge in [0.15, 0.2) is 5.78 Å². The first-order valence-electron chi connectivity index (χ1n) is 6.04. The van der Waals surface area contributed by atoms with E-state index in [1.54, 1.807) is 24.3 Å². The molecule has 1 nitrogen and oxygen atoms in total. The number of hydrogen-bond acceptors (Lipinski definition) is 2.